The zero-order valence-electron chi connectivity index (χ0n) is 19.2. The second-order valence-electron chi connectivity index (χ2n) is 8.45. The number of benzene rings is 1. The zero-order valence-corrected chi connectivity index (χ0v) is 19.2. The molecule has 178 valence electrons. The van der Waals surface area contributed by atoms with Crippen LogP contribution in [-0.2, 0) is 9.59 Å². The van der Waals surface area contributed by atoms with Gasteiger partial charge in [-0.1, -0.05) is 31.2 Å². The summed E-state index contributed by atoms with van der Waals surface area (Å²) in [5, 5.41) is 10.8. The van der Waals surface area contributed by atoms with Crippen LogP contribution in [0.3, 0.4) is 0 Å². The first-order valence-electron chi connectivity index (χ1n) is 11.6. The van der Waals surface area contributed by atoms with Crippen molar-refractivity contribution in [2.24, 2.45) is 0 Å². The summed E-state index contributed by atoms with van der Waals surface area (Å²) < 4.78 is 10.8. The number of aliphatic hydroxyl groups is 1. The molecule has 1 amide bonds. The Morgan fingerprint density at radius 3 is 2.59 bits per heavy atom. The number of allylic oxidation sites excluding steroid dienone is 1. The van der Waals surface area contributed by atoms with Crippen molar-refractivity contribution in [1.82, 2.24) is 9.80 Å². The molecule has 0 aliphatic carbocycles. The van der Waals surface area contributed by atoms with Crippen LogP contribution in [0.2, 0.25) is 0 Å². The van der Waals surface area contributed by atoms with E-state index in [0.717, 1.165) is 31.5 Å². The van der Waals surface area contributed by atoms with Crippen LogP contribution >= 0.6 is 0 Å². The van der Waals surface area contributed by atoms with Crippen LogP contribution in [0, 0.1) is 0 Å². The highest BCUT2D eigenvalue weighted by molar-refractivity contribution is 6.14. The van der Waals surface area contributed by atoms with Crippen molar-refractivity contribution in [3.63, 3.8) is 0 Å². The molecule has 4 rings (SSSR count). The number of aliphatic hydroxyl groups excluding tert-OH is 1. The van der Waals surface area contributed by atoms with E-state index in [1.54, 1.807) is 35.2 Å². The molecule has 2 aliphatic heterocycles. The topological polar surface area (TPSA) is 83.2 Å². The Balaban J connectivity index is 1.61. The van der Waals surface area contributed by atoms with Crippen LogP contribution in [-0.4, -0.2) is 59.4 Å². The van der Waals surface area contributed by atoms with Crippen molar-refractivity contribution in [2.75, 3.05) is 32.8 Å². The molecule has 1 saturated heterocycles. The number of ketones is 1. The summed E-state index contributed by atoms with van der Waals surface area (Å²) in [5.74, 6) is -0.278. The van der Waals surface area contributed by atoms with Crippen LogP contribution in [0.1, 0.15) is 36.6 Å². The number of likely N-dealkylation sites (tertiary alicyclic amines) is 1. The van der Waals surface area contributed by atoms with Crippen LogP contribution in [0.15, 0.2) is 77.1 Å². The van der Waals surface area contributed by atoms with Gasteiger partial charge >= 0.3 is 0 Å². The van der Waals surface area contributed by atoms with E-state index in [2.05, 4.69) is 11.5 Å². The molecule has 3 heterocycles. The van der Waals surface area contributed by atoms with Gasteiger partial charge in [-0.25, -0.2) is 0 Å². The predicted molar refractivity (Wildman–Crippen MR) is 129 cm³/mol. The van der Waals surface area contributed by atoms with Crippen LogP contribution in [0.4, 0.5) is 0 Å². The number of nitrogens with zero attached hydrogens (tertiary/aromatic N) is 2. The fourth-order valence-corrected chi connectivity index (χ4v) is 4.45. The van der Waals surface area contributed by atoms with Gasteiger partial charge in [0, 0.05) is 13.1 Å². The number of furan rings is 1. The largest absolute Gasteiger partial charge is 0.503 e. The number of amides is 1. The molecule has 1 fully saturated rings. The SMILES string of the molecule is C=CCOc1ccc(C2C(C(=O)/C=C/c3ccco3)=C(O)C(=O)N2CCN2CCCCC2)cc1. The van der Waals surface area contributed by atoms with Crippen molar-refractivity contribution < 1.29 is 23.8 Å². The van der Waals surface area contributed by atoms with Crippen molar-refractivity contribution in [3.05, 3.63) is 84.0 Å². The fourth-order valence-electron chi connectivity index (χ4n) is 4.45. The predicted octanol–water partition coefficient (Wildman–Crippen LogP) is 4.31. The Morgan fingerprint density at radius 2 is 1.91 bits per heavy atom. The Hall–Kier alpha value is -3.58. The Kier molecular flexibility index (Phi) is 7.65. The molecule has 0 bridgehead atoms. The summed E-state index contributed by atoms with van der Waals surface area (Å²) in [6, 6.07) is 10.0. The van der Waals surface area contributed by atoms with E-state index in [4.69, 9.17) is 9.15 Å². The average Bonchev–Trinajstić information content (AvgIpc) is 3.48. The molecular weight excluding hydrogens is 432 g/mol. The van der Waals surface area contributed by atoms with E-state index in [9.17, 15) is 14.7 Å². The monoisotopic (exact) mass is 462 g/mol. The molecule has 1 unspecified atom stereocenters. The number of hydrogen-bond donors (Lipinski definition) is 1. The maximum absolute atomic E-state index is 13.2. The highest BCUT2D eigenvalue weighted by Gasteiger charge is 2.42. The first-order chi connectivity index (χ1) is 16.6. The molecular formula is C27H30N2O5. The van der Waals surface area contributed by atoms with Crippen molar-refractivity contribution in [3.8, 4) is 5.75 Å². The minimum Gasteiger partial charge on any atom is -0.503 e. The molecule has 2 aromatic rings. The summed E-state index contributed by atoms with van der Waals surface area (Å²) in [7, 11) is 0. The third-order valence-corrected chi connectivity index (χ3v) is 6.18. The lowest BCUT2D eigenvalue weighted by Gasteiger charge is -2.31. The Labute approximate surface area is 199 Å². The summed E-state index contributed by atoms with van der Waals surface area (Å²) in [6.45, 7) is 7.14. The maximum Gasteiger partial charge on any atom is 0.290 e. The first-order valence-corrected chi connectivity index (χ1v) is 11.6. The van der Waals surface area contributed by atoms with E-state index < -0.39 is 23.5 Å². The second kappa shape index (κ2) is 11.0. The van der Waals surface area contributed by atoms with Gasteiger partial charge in [-0.05, 0) is 67.9 Å². The zero-order chi connectivity index (χ0) is 23.9. The minimum absolute atomic E-state index is 0.0752. The Morgan fingerprint density at radius 1 is 1.15 bits per heavy atom. The van der Waals surface area contributed by atoms with Gasteiger partial charge < -0.3 is 24.1 Å². The van der Waals surface area contributed by atoms with Gasteiger partial charge in [-0.15, -0.1) is 0 Å². The molecule has 1 atom stereocenters. The molecule has 7 heteroatoms. The minimum atomic E-state index is -0.681. The smallest absolute Gasteiger partial charge is 0.290 e. The summed E-state index contributed by atoms with van der Waals surface area (Å²) in [6.07, 6.45) is 9.57. The average molecular weight is 463 g/mol. The van der Waals surface area contributed by atoms with E-state index in [1.807, 2.05) is 12.1 Å². The highest BCUT2D eigenvalue weighted by atomic mass is 16.5. The quantitative estimate of drug-likeness (QED) is 0.419. The Bertz CT molecular complexity index is 1060. The van der Waals surface area contributed by atoms with Crippen LogP contribution in [0.25, 0.3) is 6.08 Å². The lowest BCUT2D eigenvalue weighted by atomic mass is 9.95. The van der Waals surface area contributed by atoms with Gasteiger partial charge in [0.05, 0.1) is 17.9 Å². The van der Waals surface area contributed by atoms with Crippen molar-refractivity contribution >= 4 is 17.8 Å². The number of ether oxygens (including phenoxy) is 1. The third-order valence-electron chi connectivity index (χ3n) is 6.18. The molecule has 1 N–H and O–H groups in total. The van der Waals surface area contributed by atoms with E-state index >= 15 is 0 Å². The molecule has 0 saturated carbocycles. The van der Waals surface area contributed by atoms with Crippen molar-refractivity contribution in [2.45, 2.75) is 25.3 Å². The summed E-state index contributed by atoms with van der Waals surface area (Å²) >= 11 is 0. The number of hydrogen-bond acceptors (Lipinski definition) is 6. The van der Waals surface area contributed by atoms with Crippen LogP contribution < -0.4 is 4.74 Å². The van der Waals surface area contributed by atoms with E-state index in [1.165, 1.54) is 24.8 Å². The van der Waals surface area contributed by atoms with E-state index in [-0.39, 0.29) is 5.57 Å². The van der Waals surface area contributed by atoms with Gasteiger partial charge in [-0.2, -0.15) is 0 Å². The first kappa shape index (κ1) is 23.6. The molecule has 0 radical (unpaired) electrons. The van der Waals surface area contributed by atoms with Gasteiger partial charge in [0.15, 0.2) is 11.5 Å². The van der Waals surface area contributed by atoms with Gasteiger partial charge in [-0.3, -0.25) is 9.59 Å². The lowest BCUT2D eigenvalue weighted by Crippen LogP contribution is -2.40. The third kappa shape index (κ3) is 5.31. The second-order valence-corrected chi connectivity index (χ2v) is 8.45. The molecule has 1 aromatic carbocycles. The maximum atomic E-state index is 13.2. The molecule has 2 aliphatic rings. The lowest BCUT2D eigenvalue weighted by molar-refractivity contribution is -0.129. The van der Waals surface area contributed by atoms with Gasteiger partial charge in [0.2, 0.25) is 0 Å². The fraction of sp³-hybridized carbons (Fsp3) is 0.333. The summed E-state index contributed by atoms with van der Waals surface area (Å²) in [4.78, 5) is 30.2. The van der Waals surface area contributed by atoms with Crippen molar-refractivity contribution in [1.29, 1.82) is 0 Å². The molecule has 34 heavy (non-hydrogen) atoms. The van der Waals surface area contributed by atoms with Gasteiger partial charge in [0.25, 0.3) is 5.91 Å². The number of piperidine rings is 1. The highest BCUT2D eigenvalue weighted by Crippen LogP contribution is 2.38. The van der Waals surface area contributed by atoms with Gasteiger partial charge in [0.1, 0.15) is 18.1 Å². The molecule has 0 spiro atoms. The summed E-state index contributed by atoms with van der Waals surface area (Å²) in [5.41, 5.74) is 0.808. The molecule has 1 aromatic heterocycles. The number of carbonyl (C=O) groups excluding carboxylic acids is 2. The molecule has 7 nitrogen and oxygen atoms in total. The van der Waals surface area contributed by atoms with E-state index in [0.29, 0.717) is 31.2 Å². The number of carbonyl (C=O) groups is 2. The van der Waals surface area contributed by atoms with Crippen LogP contribution in [0.5, 0.6) is 5.75 Å². The number of rotatable bonds is 10. The standard InChI is InChI=1S/C27H30N2O5/c1-2-18-33-22-10-8-20(9-11-22)25-24(23(30)13-12-21-7-6-19-34-21)26(31)27(32)29(25)17-16-28-14-4-3-5-15-28/h2,6-13,19,25,31H,1,3-5,14-18H2/b13-12+. The normalized spacial score (nSPS) is 19.2.